The summed E-state index contributed by atoms with van der Waals surface area (Å²) in [6, 6.07) is 14.1. The molecule has 2 N–H and O–H groups in total. The van der Waals surface area contributed by atoms with Gasteiger partial charge in [-0.15, -0.1) is 0 Å². The van der Waals surface area contributed by atoms with Gasteiger partial charge in [0.15, 0.2) is 0 Å². The van der Waals surface area contributed by atoms with Crippen LogP contribution in [0.1, 0.15) is 31.8 Å². The standard InChI is InChI=1S/C20H23NO5/c1-14-8-16(10-17(9-14)20(24)25)19(23)21(2)11-18(22)13-26-12-15-6-4-3-5-7-15/h3-10,18,22H,11-13H2,1-2H3,(H,24,25). The molecule has 0 saturated heterocycles. The summed E-state index contributed by atoms with van der Waals surface area (Å²) in [5.74, 6) is -1.43. The quantitative estimate of drug-likeness (QED) is 0.757. The number of aliphatic hydroxyl groups is 1. The molecule has 0 radical (unpaired) electrons. The zero-order valence-corrected chi connectivity index (χ0v) is 14.9. The van der Waals surface area contributed by atoms with Crippen molar-refractivity contribution in [2.75, 3.05) is 20.2 Å². The summed E-state index contributed by atoms with van der Waals surface area (Å²) in [7, 11) is 1.56. The lowest BCUT2D eigenvalue weighted by atomic mass is 10.1. The molecule has 138 valence electrons. The van der Waals surface area contributed by atoms with Crippen LogP contribution in [-0.4, -0.2) is 53.3 Å². The van der Waals surface area contributed by atoms with Gasteiger partial charge < -0.3 is 19.8 Å². The van der Waals surface area contributed by atoms with Crippen molar-refractivity contribution in [2.45, 2.75) is 19.6 Å². The molecular weight excluding hydrogens is 334 g/mol. The van der Waals surface area contributed by atoms with Gasteiger partial charge >= 0.3 is 5.97 Å². The summed E-state index contributed by atoms with van der Waals surface area (Å²) in [6.45, 7) is 2.30. The number of carboxylic acid groups (broad SMARTS) is 1. The minimum absolute atomic E-state index is 0.0634. The van der Waals surface area contributed by atoms with Crippen molar-refractivity contribution in [3.05, 3.63) is 70.8 Å². The second-order valence-electron chi connectivity index (χ2n) is 6.23. The molecule has 0 saturated carbocycles. The number of likely N-dealkylation sites (N-methyl/N-ethyl adjacent to an activating group) is 1. The number of benzene rings is 2. The Bertz CT molecular complexity index is 760. The molecular formula is C20H23NO5. The first-order chi connectivity index (χ1) is 12.4. The summed E-state index contributed by atoms with van der Waals surface area (Å²) < 4.78 is 5.47. The van der Waals surface area contributed by atoms with E-state index in [-0.39, 0.29) is 30.2 Å². The fourth-order valence-corrected chi connectivity index (χ4v) is 2.59. The van der Waals surface area contributed by atoms with Gasteiger partial charge in [-0.05, 0) is 36.2 Å². The highest BCUT2D eigenvalue weighted by Crippen LogP contribution is 2.12. The molecule has 0 aliphatic rings. The Morgan fingerprint density at radius 1 is 1.12 bits per heavy atom. The van der Waals surface area contributed by atoms with E-state index in [2.05, 4.69) is 0 Å². The van der Waals surface area contributed by atoms with Gasteiger partial charge in [0.05, 0.1) is 24.9 Å². The Morgan fingerprint density at radius 2 is 1.77 bits per heavy atom. The molecule has 0 aliphatic heterocycles. The van der Waals surface area contributed by atoms with Crippen LogP contribution in [0.15, 0.2) is 48.5 Å². The van der Waals surface area contributed by atoms with Crippen molar-refractivity contribution >= 4 is 11.9 Å². The molecule has 6 heteroatoms. The average molecular weight is 357 g/mol. The highest BCUT2D eigenvalue weighted by atomic mass is 16.5. The second kappa shape index (κ2) is 9.12. The van der Waals surface area contributed by atoms with Crippen molar-refractivity contribution < 1.29 is 24.5 Å². The lowest BCUT2D eigenvalue weighted by Crippen LogP contribution is -2.36. The lowest BCUT2D eigenvalue weighted by Gasteiger charge is -2.21. The van der Waals surface area contributed by atoms with Crippen molar-refractivity contribution in [2.24, 2.45) is 0 Å². The smallest absolute Gasteiger partial charge is 0.335 e. The second-order valence-corrected chi connectivity index (χ2v) is 6.23. The number of hydrogen-bond acceptors (Lipinski definition) is 4. The normalized spacial score (nSPS) is 11.8. The molecule has 26 heavy (non-hydrogen) atoms. The van der Waals surface area contributed by atoms with Crippen molar-refractivity contribution in [3.8, 4) is 0 Å². The number of hydrogen-bond donors (Lipinski definition) is 2. The minimum atomic E-state index is -1.08. The molecule has 0 bridgehead atoms. The van der Waals surface area contributed by atoms with Crippen LogP contribution in [0.4, 0.5) is 0 Å². The van der Waals surface area contributed by atoms with Gasteiger partial charge in [0.1, 0.15) is 0 Å². The molecule has 1 atom stereocenters. The topological polar surface area (TPSA) is 87.1 Å². The molecule has 6 nitrogen and oxygen atoms in total. The van der Waals surface area contributed by atoms with Crippen LogP contribution < -0.4 is 0 Å². The Balaban J connectivity index is 1.89. The number of amides is 1. The molecule has 2 aromatic rings. The van der Waals surface area contributed by atoms with E-state index < -0.39 is 12.1 Å². The molecule has 2 rings (SSSR count). The van der Waals surface area contributed by atoms with E-state index in [0.29, 0.717) is 12.2 Å². The fourth-order valence-electron chi connectivity index (χ4n) is 2.59. The van der Waals surface area contributed by atoms with Crippen LogP contribution in [0.3, 0.4) is 0 Å². The van der Waals surface area contributed by atoms with E-state index in [4.69, 9.17) is 9.84 Å². The van der Waals surface area contributed by atoms with E-state index in [0.717, 1.165) is 5.56 Å². The summed E-state index contributed by atoms with van der Waals surface area (Å²) in [5, 5.41) is 19.2. The predicted octanol–water partition coefficient (Wildman–Crippen LogP) is 2.34. The Morgan fingerprint density at radius 3 is 2.42 bits per heavy atom. The van der Waals surface area contributed by atoms with Crippen LogP contribution >= 0.6 is 0 Å². The minimum Gasteiger partial charge on any atom is -0.478 e. The fraction of sp³-hybridized carbons (Fsp3) is 0.300. The van der Waals surface area contributed by atoms with Crippen LogP contribution in [0, 0.1) is 6.92 Å². The number of rotatable bonds is 8. The maximum absolute atomic E-state index is 12.5. The third-order valence-electron chi connectivity index (χ3n) is 3.82. The monoisotopic (exact) mass is 357 g/mol. The first kappa shape index (κ1) is 19.6. The zero-order valence-electron chi connectivity index (χ0n) is 14.9. The molecule has 0 aliphatic carbocycles. The number of carboxylic acids is 1. The van der Waals surface area contributed by atoms with Gasteiger partial charge in [0.2, 0.25) is 0 Å². The van der Waals surface area contributed by atoms with Gasteiger partial charge in [-0.3, -0.25) is 4.79 Å². The molecule has 0 spiro atoms. The zero-order chi connectivity index (χ0) is 19.1. The largest absolute Gasteiger partial charge is 0.478 e. The Hall–Kier alpha value is -2.70. The van der Waals surface area contributed by atoms with Crippen molar-refractivity contribution in [3.63, 3.8) is 0 Å². The van der Waals surface area contributed by atoms with E-state index in [1.807, 2.05) is 30.3 Å². The molecule has 0 aromatic heterocycles. The Labute approximate surface area is 152 Å². The van der Waals surface area contributed by atoms with Gasteiger partial charge in [-0.25, -0.2) is 4.79 Å². The van der Waals surface area contributed by atoms with E-state index >= 15 is 0 Å². The van der Waals surface area contributed by atoms with Crippen molar-refractivity contribution in [1.82, 2.24) is 4.90 Å². The maximum Gasteiger partial charge on any atom is 0.335 e. The number of aliphatic hydroxyl groups excluding tert-OH is 1. The number of carbonyl (C=O) groups is 2. The van der Waals surface area contributed by atoms with Crippen LogP contribution in [0.2, 0.25) is 0 Å². The van der Waals surface area contributed by atoms with Gasteiger partial charge in [-0.1, -0.05) is 30.3 Å². The SMILES string of the molecule is Cc1cc(C(=O)O)cc(C(=O)N(C)CC(O)COCc2ccccc2)c1. The number of nitrogens with zero attached hydrogens (tertiary/aromatic N) is 1. The first-order valence-corrected chi connectivity index (χ1v) is 8.27. The number of carbonyl (C=O) groups excluding carboxylic acids is 1. The van der Waals surface area contributed by atoms with Gasteiger partial charge in [0.25, 0.3) is 5.91 Å². The van der Waals surface area contributed by atoms with Crippen LogP contribution in [-0.2, 0) is 11.3 Å². The summed E-state index contributed by atoms with van der Waals surface area (Å²) in [6.07, 6.45) is -0.837. The molecule has 0 heterocycles. The Kier molecular flexibility index (Phi) is 6.89. The van der Waals surface area contributed by atoms with Gasteiger partial charge in [-0.2, -0.15) is 0 Å². The number of ether oxygens (including phenoxy) is 1. The predicted molar refractivity (Wildman–Crippen MR) is 97.2 cm³/mol. The van der Waals surface area contributed by atoms with E-state index in [1.54, 1.807) is 20.0 Å². The third-order valence-corrected chi connectivity index (χ3v) is 3.82. The molecule has 1 amide bonds. The summed E-state index contributed by atoms with van der Waals surface area (Å²) in [4.78, 5) is 25.0. The molecule has 0 fully saturated rings. The van der Waals surface area contributed by atoms with Crippen LogP contribution in [0.5, 0.6) is 0 Å². The highest BCUT2D eigenvalue weighted by Gasteiger charge is 2.17. The third kappa shape index (κ3) is 5.68. The maximum atomic E-state index is 12.5. The number of aromatic carboxylic acids is 1. The molecule has 2 aromatic carbocycles. The summed E-state index contributed by atoms with van der Waals surface area (Å²) in [5.41, 5.74) is 2.04. The summed E-state index contributed by atoms with van der Waals surface area (Å²) >= 11 is 0. The lowest BCUT2D eigenvalue weighted by molar-refractivity contribution is 0.0137. The van der Waals surface area contributed by atoms with Gasteiger partial charge in [0, 0.05) is 19.2 Å². The number of aryl methyl sites for hydroxylation is 1. The first-order valence-electron chi connectivity index (χ1n) is 8.27. The van der Waals surface area contributed by atoms with E-state index in [1.165, 1.54) is 17.0 Å². The van der Waals surface area contributed by atoms with Crippen LogP contribution in [0.25, 0.3) is 0 Å². The average Bonchev–Trinajstić information content (AvgIpc) is 2.61. The highest BCUT2D eigenvalue weighted by molar-refractivity contribution is 5.97. The van der Waals surface area contributed by atoms with Crippen molar-refractivity contribution in [1.29, 1.82) is 0 Å². The van der Waals surface area contributed by atoms with E-state index in [9.17, 15) is 14.7 Å². The molecule has 1 unspecified atom stereocenters.